The predicted octanol–water partition coefficient (Wildman–Crippen LogP) is 6.50. The van der Waals surface area contributed by atoms with Crippen LogP contribution in [0.25, 0.3) is 0 Å². The summed E-state index contributed by atoms with van der Waals surface area (Å²) in [5.41, 5.74) is 0.136. The van der Waals surface area contributed by atoms with E-state index < -0.39 is 0 Å². The van der Waals surface area contributed by atoms with Gasteiger partial charge in [0.15, 0.2) is 0 Å². The molecule has 0 bridgehead atoms. The lowest BCUT2D eigenvalue weighted by Gasteiger charge is -2.28. The molecule has 0 N–H and O–H groups in total. The van der Waals surface area contributed by atoms with E-state index in [9.17, 15) is 0 Å². The minimum absolute atomic E-state index is 0.136. The van der Waals surface area contributed by atoms with Crippen LogP contribution in [0.4, 0.5) is 0 Å². The fourth-order valence-electron chi connectivity index (χ4n) is 2.71. The lowest BCUT2D eigenvalue weighted by atomic mass is 9.91. The van der Waals surface area contributed by atoms with E-state index in [0.29, 0.717) is 0 Å². The smallest absolute Gasteiger partial charge is 0.0650 e. The summed E-state index contributed by atoms with van der Waals surface area (Å²) in [6.07, 6.45) is 17.6. The maximum absolute atomic E-state index is 5.76. The van der Waals surface area contributed by atoms with E-state index >= 15 is 0 Å². The molecule has 0 saturated carbocycles. The average molecular weight is 271 g/mol. The maximum atomic E-state index is 5.76. The quantitative estimate of drug-likeness (QED) is 0.327. The Morgan fingerprint density at radius 3 is 1.42 bits per heavy atom. The Bertz CT molecular complexity index is 179. The van der Waals surface area contributed by atoms with Crippen molar-refractivity contribution >= 4 is 0 Å². The Kier molecular flexibility index (Phi) is 12.9. The van der Waals surface area contributed by atoms with Crippen LogP contribution in [0.15, 0.2) is 0 Å². The highest BCUT2D eigenvalue weighted by Crippen LogP contribution is 2.25. The second-order valence-electron chi connectivity index (χ2n) is 6.34. The molecule has 0 radical (unpaired) electrons. The van der Waals surface area contributed by atoms with Gasteiger partial charge in [0.2, 0.25) is 0 Å². The molecule has 0 aliphatic heterocycles. The summed E-state index contributed by atoms with van der Waals surface area (Å²) in [4.78, 5) is 0. The summed E-state index contributed by atoms with van der Waals surface area (Å²) in [7, 11) is 1.89. The van der Waals surface area contributed by atoms with Gasteiger partial charge in [0.05, 0.1) is 5.60 Å². The molecule has 0 heterocycles. The van der Waals surface area contributed by atoms with E-state index in [2.05, 4.69) is 20.8 Å². The van der Waals surface area contributed by atoms with Gasteiger partial charge in [0.1, 0.15) is 0 Å². The van der Waals surface area contributed by atoms with Crippen molar-refractivity contribution in [1.82, 2.24) is 0 Å². The predicted molar refractivity (Wildman–Crippen MR) is 86.8 cm³/mol. The Labute approximate surface area is 122 Å². The lowest BCUT2D eigenvalue weighted by molar-refractivity contribution is -0.0120. The number of unbranched alkanes of at least 4 members (excludes halogenated alkanes) is 9. The first kappa shape index (κ1) is 19.0. The minimum Gasteiger partial charge on any atom is -0.379 e. The van der Waals surface area contributed by atoms with E-state index in [-0.39, 0.29) is 5.60 Å². The Balaban J connectivity index is 3.55. The highest BCUT2D eigenvalue weighted by Gasteiger charge is 2.21. The molecule has 0 aromatic heterocycles. The van der Waals surface area contributed by atoms with Crippen LogP contribution in [0.5, 0.6) is 0 Å². The largest absolute Gasteiger partial charge is 0.379 e. The summed E-state index contributed by atoms with van der Waals surface area (Å²) in [6.45, 7) is 6.85. The molecule has 0 aliphatic rings. The number of hydrogen-bond acceptors (Lipinski definition) is 1. The third-order valence-corrected chi connectivity index (χ3v) is 4.36. The van der Waals surface area contributed by atoms with Gasteiger partial charge in [0.25, 0.3) is 0 Å². The zero-order valence-corrected chi connectivity index (χ0v) is 14.1. The van der Waals surface area contributed by atoms with Crippen molar-refractivity contribution < 1.29 is 4.74 Å². The van der Waals surface area contributed by atoms with Crippen LogP contribution in [-0.4, -0.2) is 12.7 Å². The van der Waals surface area contributed by atoms with Gasteiger partial charge in [-0.15, -0.1) is 0 Å². The Hall–Kier alpha value is -0.0400. The summed E-state index contributed by atoms with van der Waals surface area (Å²) in [5, 5.41) is 0. The molecule has 0 aromatic carbocycles. The SMILES string of the molecule is CCCCCCCCCC(C)(CCCCCC)OC. The Morgan fingerprint density at radius 2 is 1.00 bits per heavy atom. The van der Waals surface area contributed by atoms with Gasteiger partial charge in [-0.05, 0) is 19.8 Å². The first-order valence-electron chi connectivity index (χ1n) is 8.73. The molecule has 1 heteroatoms. The van der Waals surface area contributed by atoms with Crippen molar-refractivity contribution in [3.05, 3.63) is 0 Å². The Morgan fingerprint density at radius 1 is 0.632 bits per heavy atom. The van der Waals surface area contributed by atoms with Crippen molar-refractivity contribution in [1.29, 1.82) is 0 Å². The van der Waals surface area contributed by atoms with Crippen molar-refractivity contribution in [3.8, 4) is 0 Å². The van der Waals surface area contributed by atoms with Gasteiger partial charge in [-0.2, -0.15) is 0 Å². The lowest BCUT2D eigenvalue weighted by Crippen LogP contribution is -2.27. The van der Waals surface area contributed by atoms with Crippen LogP contribution in [0.1, 0.15) is 104 Å². The molecule has 1 unspecified atom stereocenters. The van der Waals surface area contributed by atoms with E-state index in [0.717, 1.165) is 0 Å². The van der Waals surface area contributed by atoms with Gasteiger partial charge in [0, 0.05) is 7.11 Å². The zero-order chi connectivity index (χ0) is 14.4. The monoisotopic (exact) mass is 270 g/mol. The van der Waals surface area contributed by atoms with Gasteiger partial charge < -0.3 is 4.74 Å². The fourth-order valence-corrected chi connectivity index (χ4v) is 2.71. The van der Waals surface area contributed by atoms with E-state index in [4.69, 9.17) is 4.74 Å². The van der Waals surface area contributed by atoms with Gasteiger partial charge in [-0.25, -0.2) is 0 Å². The van der Waals surface area contributed by atoms with E-state index in [1.54, 1.807) is 0 Å². The second kappa shape index (κ2) is 13.0. The number of hydrogen-bond donors (Lipinski definition) is 0. The van der Waals surface area contributed by atoms with Crippen LogP contribution < -0.4 is 0 Å². The van der Waals surface area contributed by atoms with Crippen LogP contribution in [0, 0.1) is 0 Å². The number of methoxy groups -OCH3 is 1. The molecular formula is C18H38O. The molecule has 116 valence electrons. The first-order chi connectivity index (χ1) is 9.18. The summed E-state index contributed by atoms with van der Waals surface area (Å²) in [6, 6.07) is 0. The molecule has 1 atom stereocenters. The molecule has 1 nitrogen and oxygen atoms in total. The standard InChI is InChI=1S/C18H38O/c1-5-7-9-11-12-13-15-17-18(3,19-4)16-14-10-8-6-2/h5-17H2,1-4H3. The van der Waals surface area contributed by atoms with Crippen molar-refractivity contribution in [2.45, 2.75) is 110 Å². The maximum Gasteiger partial charge on any atom is 0.0650 e. The molecule has 0 fully saturated rings. The van der Waals surface area contributed by atoms with Crippen LogP contribution in [0.2, 0.25) is 0 Å². The van der Waals surface area contributed by atoms with E-state index in [1.807, 2.05) is 7.11 Å². The van der Waals surface area contributed by atoms with Crippen LogP contribution in [-0.2, 0) is 4.74 Å². The normalized spacial score (nSPS) is 14.5. The fraction of sp³-hybridized carbons (Fsp3) is 1.00. The van der Waals surface area contributed by atoms with Gasteiger partial charge in [-0.1, -0.05) is 84.5 Å². The molecular weight excluding hydrogens is 232 g/mol. The molecule has 0 amide bonds. The van der Waals surface area contributed by atoms with Crippen LogP contribution >= 0.6 is 0 Å². The minimum atomic E-state index is 0.136. The zero-order valence-electron chi connectivity index (χ0n) is 14.1. The first-order valence-corrected chi connectivity index (χ1v) is 8.73. The van der Waals surface area contributed by atoms with Crippen molar-refractivity contribution in [3.63, 3.8) is 0 Å². The average Bonchev–Trinajstić information content (AvgIpc) is 2.43. The molecule has 0 rings (SSSR count). The number of ether oxygens (including phenoxy) is 1. The topological polar surface area (TPSA) is 9.23 Å². The molecule has 19 heavy (non-hydrogen) atoms. The summed E-state index contributed by atoms with van der Waals surface area (Å²) >= 11 is 0. The molecule has 0 aliphatic carbocycles. The highest BCUT2D eigenvalue weighted by molar-refractivity contribution is 4.74. The third kappa shape index (κ3) is 11.5. The van der Waals surface area contributed by atoms with Gasteiger partial charge in [-0.3, -0.25) is 0 Å². The van der Waals surface area contributed by atoms with Crippen LogP contribution in [0.3, 0.4) is 0 Å². The molecule has 0 saturated heterocycles. The second-order valence-corrected chi connectivity index (χ2v) is 6.34. The summed E-state index contributed by atoms with van der Waals surface area (Å²) in [5.74, 6) is 0. The van der Waals surface area contributed by atoms with Crippen molar-refractivity contribution in [2.24, 2.45) is 0 Å². The van der Waals surface area contributed by atoms with Crippen molar-refractivity contribution in [2.75, 3.05) is 7.11 Å². The third-order valence-electron chi connectivity index (χ3n) is 4.36. The van der Waals surface area contributed by atoms with Gasteiger partial charge >= 0.3 is 0 Å². The van der Waals surface area contributed by atoms with E-state index in [1.165, 1.54) is 83.5 Å². The number of rotatable bonds is 14. The highest BCUT2D eigenvalue weighted by atomic mass is 16.5. The molecule has 0 spiro atoms. The molecule has 0 aromatic rings. The summed E-state index contributed by atoms with van der Waals surface area (Å²) < 4.78 is 5.76.